The molecule has 0 unspecified atom stereocenters. The summed E-state index contributed by atoms with van der Waals surface area (Å²) in [5, 5.41) is 19.4. The summed E-state index contributed by atoms with van der Waals surface area (Å²) in [6.45, 7) is 0.327. The zero-order valence-electron chi connectivity index (χ0n) is 9.64. The minimum Gasteiger partial charge on any atom is -0.504 e. The quantitative estimate of drug-likeness (QED) is 0.657. The minimum absolute atomic E-state index is 0.137. The lowest BCUT2D eigenvalue weighted by atomic mass is 10.2. The van der Waals surface area contributed by atoms with Gasteiger partial charge in [0.2, 0.25) is 5.75 Å². The van der Waals surface area contributed by atoms with Gasteiger partial charge >= 0.3 is 0 Å². The van der Waals surface area contributed by atoms with Crippen LogP contribution < -0.4 is 4.74 Å². The van der Waals surface area contributed by atoms with E-state index in [9.17, 15) is 10.2 Å². The lowest BCUT2D eigenvalue weighted by Crippen LogP contribution is -1.96. The number of hydrogen-bond donors (Lipinski definition) is 2. The number of ether oxygens (including phenoxy) is 1. The molecule has 0 aliphatic rings. The molecule has 0 spiro atoms. The molecule has 0 amide bonds. The smallest absolute Gasteiger partial charge is 0.200 e. The van der Waals surface area contributed by atoms with Crippen LogP contribution in [0, 0.1) is 0 Å². The predicted molar refractivity (Wildman–Crippen MR) is 70.1 cm³/mol. The number of aromatic hydroxyl groups is 2. The van der Waals surface area contributed by atoms with Crippen molar-refractivity contribution in [3.63, 3.8) is 0 Å². The van der Waals surface area contributed by atoms with Crippen molar-refractivity contribution in [3.05, 3.63) is 53.6 Å². The van der Waals surface area contributed by atoms with Crippen molar-refractivity contribution in [1.29, 1.82) is 0 Å². The second kappa shape index (κ2) is 5.65. The van der Waals surface area contributed by atoms with Gasteiger partial charge in [0.05, 0.1) is 5.88 Å². The second-order valence-corrected chi connectivity index (χ2v) is 4.10. The molecule has 2 aromatic rings. The molecule has 0 bridgehead atoms. The van der Waals surface area contributed by atoms with Crippen LogP contribution in [-0.4, -0.2) is 10.2 Å². The Morgan fingerprint density at radius 1 is 0.944 bits per heavy atom. The molecule has 0 atom stereocenters. The van der Waals surface area contributed by atoms with Gasteiger partial charge in [-0.05, 0) is 11.6 Å². The van der Waals surface area contributed by atoms with Crippen LogP contribution >= 0.6 is 11.6 Å². The SMILES string of the molecule is Oc1c(CCl)ccc(OCc2ccccc2)c1O. The largest absolute Gasteiger partial charge is 0.504 e. The predicted octanol–water partition coefficient (Wildman–Crippen LogP) is 3.42. The van der Waals surface area contributed by atoms with Crippen molar-refractivity contribution in [1.82, 2.24) is 0 Å². The maximum absolute atomic E-state index is 9.75. The third-order valence-corrected chi connectivity index (χ3v) is 2.87. The van der Waals surface area contributed by atoms with E-state index in [1.54, 1.807) is 12.1 Å². The van der Waals surface area contributed by atoms with E-state index in [-0.39, 0.29) is 23.1 Å². The van der Waals surface area contributed by atoms with Gasteiger partial charge in [-0.1, -0.05) is 36.4 Å². The van der Waals surface area contributed by atoms with E-state index in [2.05, 4.69) is 0 Å². The first-order valence-corrected chi connectivity index (χ1v) is 6.02. The van der Waals surface area contributed by atoms with Gasteiger partial charge in [0.25, 0.3) is 0 Å². The summed E-state index contributed by atoms with van der Waals surface area (Å²) in [4.78, 5) is 0. The van der Waals surface area contributed by atoms with E-state index in [1.165, 1.54) is 0 Å². The Morgan fingerprint density at radius 3 is 2.33 bits per heavy atom. The van der Waals surface area contributed by atoms with Crippen molar-refractivity contribution < 1.29 is 14.9 Å². The summed E-state index contributed by atoms with van der Waals surface area (Å²) in [5.74, 6) is -0.122. The second-order valence-electron chi connectivity index (χ2n) is 3.83. The molecule has 94 valence electrons. The molecule has 0 saturated carbocycles. The van der Waals surface area contributed by atoms with Crippen LogP contribution in [0.25, 0.3) is 0 Å². The fraction of sp³-hybridized carbons (Fsp3) is 0.143. The third-order valence-electron chi connectivity index (χ3n) is 2.58. The Kier molecular flexibility index (Phi) is 3.95. The molecule has 0 aliphatic heterocycles. The molecule has 18 heavy (non-hydrogen) atoms. The summed E-state index contributed by atoms with van der Waals surface area (Å²) in [6.07, 6.45) is 0. The summed E-state index contributed by atoms with van der Waals surface area (Å²) in [5.41, 5.74) is 1.46. The minimum atomic E-state index is -0.274. The van der Waals surface area contributed by atoms with Gasteiger partial charge in [0.1, 0.15) is 6.61 Å². The zero-order valence-corrected chi connectivity index (χ0v) is 10.4. The Morgan fingerprint density at radius 2 is 1.67 bits per heavy atom. The standard InChI is InChI=1S/C14H13ClO3/c15-8-11-6-7-12(14(17)13(11)16)18-9-10-4-2-1-3-5-10/h1-7,16-17H,8-9H2. The maximum atomic E-state index is 9.75. The first-order valence-electron chi connectivity index (χ1n) is 5.49. The van der Waals surface area contributed by atoms with Crippen molar-refractivity contribution in [2.24, 2.45) is 0 Å². The normalized spacial score (nSPS) is 10.3. The van der Waals surface area contributed by atoms with Crippen molar-refractivity contribution in [2.45, 2.75) is 12.5 Å². The molecule has 0 heterocycles. The Hall–Kier alpha value is -1.87. The molecule has 2 aromatic carbocycles. The molecule has 2 rings (SSSR count). The lowest BCUT2D eigenvalue weighted by molar-refractivity contribution is 0.282. The van der Waals surface area contributed by atoms with Gasteiger partial charge in [0.15, 0.2) is 11.5 Å². The van der Waals surface area contributed by atoms with Crippen LogP contribution in [-0.2, 0) is 12.5 Å². The van der Waals surface area contributed by atoms with Gasteiger partial charge in [-0.3, -0.25) is 0 Å². The van der Waals surface area contributed by atoms with Crippen LogP contribution in [0.3, 0.4) is 0 Å². The van der Waals surface area contributed by atoms with E-state index in [0.29, 0.717) is 12.2 Å². The van der Waals surface area contributed by atoms with E-state index >= 15 is 0 Å². The highest BCUT2D eigenvalue weighted by Crippen LogP contribution is 2.38. The van der Waals surface area contributed by atoms with E-state index in [0.717, 1.165) is 5.56 Å². The number of halogens is 1. The fourth-order valence-corrected chi connectivity index (χ4v) is 1.78. The van der Waals surface area contributed by atoms with Gasteiger partial charge < -0.3 is 14.9 Å². The molecule has 0 radical (unpaired) electrons. The van der Waals surface area contributed by atoms with Gasteiger partial charge in [-0.2, -0.15) is 0 Å². The van der Waals surface area contributed by atoms with E-state index < -0.39 is 0 Å². The number of rotatable bonds is 4. The van der Waals surface area contributed by atoms with Crippen molar-refractivity contribution in [2.75, 3.05) is 0 Å². The van der Waals surface area contributed by atoms with Crippen molar-refractivity contribution in [3.8, 4) is 17.2 Å². The molecule has 4 heteroatoms. The molecule has 0 aliphatic carbocycles. The van der Waals surface area contributed by atoms with Crippen LogP contribution in [0.4, 0.5) is 0 Å². The Balaban J connectivity index is 2.13. The van der Waals surface area contributed by atoms with Crippen molar-refractivity contribution >= 4 is 11.6 Å². The van der Waals surface area contributed by atoms with Gasteiger partial charge in [-0.25, -0.2) is 0 Å². The zero-order chi connectivity index (χ0) is 13.0. The molecule has 2 N–H and O–H groups in total. The number of alkyl halides is 1. The molecule has 3 nitrogen and oxygen atoms in total. The number of hydrogen-bond acceptors (Lipinski definition) is 3. The highest BCUT2D eigenvalue weighted by Gasteiger charge is 2.12. The van der Waals surface area contributed by atoms with Gasteiger partial charge in [0, 0.05) is 5.56 Å². The Bertz CT molecular complexity index is 526. The highest BCUT2D eigenvalue weighted by atomic mass is 35.5. The third kappa shape index (κ3) is 2.68. The van der Waals surface area contributed by atoms with E-state index in [1.807, 2.05) is 30.3 Å². The van der Waals surface area contributed by atoms with Gasteiger partial charge in [-0.15, -0.1) is 11.6 Å². The summed E-state index contributed by atoms with van der Waals surface area (Å²) < 4.78 is 5.45. The van der Waals surface area contributed by atoms with Crippen LogP contribution in [0.1, 0.15) is 11.1 Å². The number of phenols is 2. The first-order chi connectivity index (χ1) is 8.72. The van der Waals surface area contributed by atoms with Crippen LogP contribution in [0.2, 0.25) is 0 Å². The molecule has 0 fully saturated rings. The summed E-state index contributed by atoms with van der Waals surface area (Å²) in [6, 6.07) is 12.8. The average molecular weight is 265 g/mol. The average Bonchev–Trinajstić information content (AvgIpc) is 2.42. The lowest BCUT2D eigenvalue weighted by Gasteiger charge is -2.10. The Labute approximate surface area is 110 Å². The fourth-order valence-electron chi connectivity index (χ4n) is 1.56. The molecular weight excluding hydrogens is 252 g/mol. The molecule has 0 saturated heterocycles. The van der Waals surface area contributed by atoms with Crippen LogP contribution in [0.15, 0.2) is 42.5 Å². The van der Waals surface area contributed by atoms with Crippen LogP contribution in [0.5, 0.6) is 17.2 Å². The number of benzene rings is 2. The molecular formula is C14H13ClO3. The first kappa shape index (κ1) is 12.6. The molecule has 0 aromatic heterocycles. The summed E-state index contributed by atoms with van der Waals surface area (Å²) >= 11 is 5.62. The summed E-state index contributed by atoms with van der Waals surface area (Å²) in [7, 11) is 0. The number of phenolic OH excluding ortho intramolecular Hbond substituents is 2. The van der Waals surface area contributed by atoms with E-state index in [4.69, 9.17) is 16.3 Å². The highest BCUT2D eigenvalue weighted by molar-refractivity contribution is 6.17. The topological polar surface area (TPSA) is 49.7 Å². The monoisotopic (exact) mass is 264 g/mol. The maximum Gasteiger partial charge on any atom is 0.200 e.